The first-order chi connectivity index (χ1) is 11.1. The summed E-state index contributed by atoms with van der Waals surface area (Å²) in [5, 5.41) is 5.74. The van der Waals surface area contributed by atoms with Crippen molar-refractivity contribution in [2.45, 2.75) is 6.92 Å². The summed E-state index contributed by atoms with van der Waals surface area (Å²) in [4.78, 5) is 31.4. The highest BCUT2D eigenvalue weighted by Gasteiger charge is 2.08. The Labute approximate surface area is 134 Å². The van der Waals surface area contributed by atoms with Crippen molar-refractivity contribution < 1.29 is 14.3 Å². The van der Waals surface area contributed by atoms with Crippen molar-refractivity contribution in [1.29, 1.82) is 0 Å². The van der Waals surface area contributed by atoms with Crippen molar-refractivity contribution in [3.05, 3.63) is 47.9 Å². The van der Waals surface area contributed by atoms with E-state index < -0.39 is 0 Å². The summed E-state index contributed by atoms with van der Waals surface area (Å²) < 4.78 is 4.87. The number of amides is 1. The van der Waals surface area contributed by atoms with E-state index in [4.69, 9.17) is 4.74 Å². The third-order valence-corrected chi connectivity index (χ3v) is 3.03. The maximum Gasteiger partial charge on any atom is 0.270 e. The van der Waals surface area contributed by atoms with E-state index in [1.807, 2.05) is 6.07 Å². The molecular weight excluding hydrogens is 296 g/mol. The van der Waals surface area contributed by atoms with Crippen LogP contribution in [0.25, 0.3) is 0 Å². The zero-order valence-electron chi connectivity index (χ0n) is 13.0. The van der Waals surface area contributed by atoms with Crippen LogP contribution >= 0.6 is 0 Å². The molecule has 0 atom stereocenters. The molecule has 0 aliphatic heterocycles. The Bertz CT molecular complexity index is 703. The number of nitrogens with zero attached hydrogens (tertiary/aromatic N) is 2. The van der Waals surface area contributed by atoms with Gasteiger partial charge in [-0.15, -0.1) is 0 Å². The third-order valence-electron chi connectivity index (χ3n) is 3.03. The molecule has 0 saturated heterocycles. The van der Waals surface area contributed by atoms with E-state index in [0.29, 0.717) is 30.2 Å². The molecule has 1 aromatic heterocycles. The standard InChI is InChI=1S/C16H18N4O3/c1-11(21)12-4-3-5-13(8-12)20-15-9-14(18-10-19-15)16(22)17-6-7-23-2/h3-5,8-10H,6-7H2,1-2H3,(H,17,22)(H,18,19,20). The second-order valence-corrected chi connectivity index (χ2v) is 4.80. The highest BCUT2D eigenvalue weighted by molar-refractivity contribution is 5.95. The van der Waals surface area contributed by atoms with E-state index in [1.165, 1.54) is 13.3 Å². The number of hydrogen-bond acceptors (Lipinski definition) is 6. The topological polar surface area (TPSA) is 93.2 Å². The van der Waals surface area contributed by atoms with Crippen LogP contribution < -0.4 is 10.6 Å². The van der Waals surface area contributed by atoms with Crippen LogP contribution in [0.1, 0.15) is 27.8 Å². The molecule has 1 heterocycles. The van der Waals surface area contributed by atoms with Crippen LogP contribution in [0.2, 0.25) is 0 Å². The Hall–Kier alpha value is -2.80. The number of ether oxygens (including phenoxy) is 1. The van der Waals surface area contributed by atoms with Gasteiger partial charge in [0.1, 0.15) is 17.8 Å². The van der Waals surface area contributed by atoms with E-state index in [1.54, 1.807) is 31.4 Å². The predicted molar refractivity (Wildman–Crippen MR) is 86.0 cm³/mol. The lowest BCUT2D eigenvalue weighted by molar-refractivity contribution is 0.0931. The number of aromatic nitrogens is 2. The van der Waals surface area contributed by atoms with Crippen molar-refractivity contribution in [3.63, 3.8) is 0 Å². The van der Waals surface area contributed by atoms with Gasteiger partial charge in [0.2, 0.25) is 0 Å². The number of anilines is 2. The number of nitrogens with one attached hydrogen (secondary N) is 2. The maximum atomic E-state index is 11.9. The Kier molecular flexibility index (Phi) is 5.76. The van der Waals surface area contributed by atoms with Gasteiger partial charge in [-0.25, -0.2) is 9.97 Å². The van der Waals surface area contributed by atoms with Gasteiger partial charge in [-0.1, -0.05) is 12.1 Å². The van der Waals surface area contributed by atoms with Crippen LogP contribution in [0.4, 0.5) is 11.5 Å². The zero-order valence-corrected chi connectivity index (χ0v) is 13.0. The number of methoxy groups -OCH3 is 1. The first-order valence-electron chi connectivity index (χ1n) is 7.07. The molecule has 0 unspecified atom stereocenters. The lowest BCUT2D eigenvalue weighted by Crippen LogP contribution is -2.27. The monoisotopic (exact) mass is 314 g/mol. The van der Waals surface area contributed by atoms with Gasteiger partial charge in [-0.3, -0.25) is 9.59 Å². The third kappa shape index (κ3) is 4.86. The lowest BCUT2D eigenvalue weighted by Gasteiger charge is -2.08. The molecule has 0 aliphatic rings. The van der Waals surface area contributed by atoms with Crippen LogP contribution in [-0.2, 0) is 4.74 Å². The van der Waals surface area contributed by atoms with Crippen LogP contribution in [0.15, 0.2) is 36.7 Å². The van der Waals surface area contributed by atoms with Gasteiger partial charge in [0.05, 0.1) is 6.61 Å². The molecule has 0 aliphatic carbocycles. The molecule has 2 aromatic rings. The summed E-state index contributed by atoms with van der Waals surface area (Å²) in [6.45, 7) is 2.34. The van der Waals surface area contributed by atoms with Crippen LogP contribution in [0.3, 0.4) is 0 Å². The molecule has 0 saturated carbocycles. The van der Waals surface area contributed by atoms with Crippen molar-refractivity contribution in [2.24, 2.45) is 0 Å². The lowest BCUT2D eigenvalue weighted by atomic mass is 10.1. The first-order valence-corrected chi connectivity index (χ1v) is 7.07. The minimum Gasteiger partial charge on any atom is -0.383 e. The Morgan fingerprint density at radius 1 is 1.22 bits per heavy atom. The molecular formula is C16H18N4O3. The van der Waals surface area contributed by atoms with Crippen LogP contribution in [0.5, 0.6) is 0 Å². The number of carbonyl (C=O) groups excluding carboxylic acids is 2. The molecule has 0 fully saturated rings. The number of rotatable bonds is 7. The summed E-state index contributed by atoms with van der Waals surface area (Å²) in [7, 11) is 1.56. The van der Waals surface area contributed by atoms with Gasteiger partial charge in [-0.05, 0) is 19.1 Å². The van der Waals surface area contributed by atoms with Gasteiger partial charge in [0.15, 0.2) is 5.78 Å². The fourth-order valence-corrected chi connectivity index (χ4v) is 1.87. The highest BCUT2D eigenvalue weighted by Crippen LogP contribution is 2.16. The normalized spacial score (nSPS) is 10.2. The van der Waals surface area contributed by atoms with E-state index in [9.17, 15) is 9.59 Å². The molecule has 0 spiro atoms. The largest absolute Gasteiger partial charge is 0.383 e. The smallest absolute Gasteiger partial charge is 0.270 e. The van der Waals surface area contributed by atoms with Gasteiger partial charge >= 0.3 is 0 Å². The minimum atomic E-state index is -0.301. The fraction of sp³-hybridized carbons (Fsp3) is 0.250. The Balaban J connectivity index is 2.09. The van der Waals surface area contributed by atoms with Crippen molar-refractivity contribution in [3.8, 4) is 0 Å². The van der Waals surface area contributed by atoms with Crippen LogP contribution in [-0.4, -0.2) is 41.9 Å². The minimum absolute atomic E-state index is 0.0189. The van der Waals surface area contributed by atoms with E-state index in [0.717, 1.165) is 0 Å². The van der Waals surface area contributed by atoms with Crippen LogP contribution in [0, 0.1) is 0 Å². The summed E-state index contributed by atoms with van der Waals surface area (Å²) in [5.74, 6) is 0.150. The second kappa shape index (κ2) is 8.00. The predicted octanol–water partition coefficient (Wildman–Crippen LogP) is 1.80. The molecule has 0 radical (unpaired) electrons. The molecule has 7 heteroatoms. The maximum absolute atomic E-state index is 11.9. The first kappa shape index (κ1) is 16.6. The summed E-state index contributed by atoms with van der Waals surface area (Å²) in [6.07, 6.45) is 1.31. The van der Waals surface area contributed by atoms with Gasteiger partial charge in [0.25, 0.3) is 5.91 Å². The highest BCUT2D eigenvalue weighted by atomic mass is 16.5. The zero-order chi connectivity index (χ0) is 16.7. The Morgan fingerprint density at radius 3 is 2.78 bits per heavy atom. The molecule has 7 nitrogen and oxygen atoms in total. The molecule has 0 bridgehead atoms. The number of benzene rings is 1. The molecule has 1 amide bonds. The average molecular weight is 314 g/mol. The quantitative estimate of drug-likeness (QED) is 0.598. The molecule has 2 N–H and O–H groups in total. The van der Waals surface area contributed by atoms with Crippen molar-refractivity contribution in [2.75, 3.05) is 25.6 Å². The number of ketones is 1. The van der Waals surface area contributed by atoms with Crippen molar-refractivity contribution in [1.82, 2.24) is 15.3 Å². The second-order valence-electron chi connectivity index (χ2n) is 4.80. The average Bonchev–Trinajstić information content (AvgIpc) is 2.55. The number of hydrogen-bond donors (Lipinski definition) is 2. The van der Waals surface area contributed by atoms with Crippen molar-refractivity contribution >= 4 is 23.2 Å². The molecule has 120 valence electrons. The SMILES string of the molecule is COCCNC(=O)c1cc(Nc2cccc(C(C)=O)c2)ncn1. The molecule has 23 heavy (non-hydrogen) atoms. The van der Waals surface area contributed by atoms with E-state index in [2.05, 4.69) is 20.6 Å². The summed E-state index contributed by atoms with van der Waals surface area (Å²) in [5.41, 5.74) is 1.56. The Morgan fingerprint density at radius 2 is 2.04 bits per heavy atom. The van der Waals surface area contributed by atoms with Gasteiger partial charge < -0.3 is 15.4 Å². The molecule has 2 rings (SSSR count). The number of Topliss-reactive ketones (excluding diaryl/α,β-unsaturated/α-hetero) is 1. The fourth-order valence-electron chi connectivity index (χ4n) is 1.87. The molecule has 1 aromatic carbocycles. The summed E-state index contributed by atoms with van der Waals surface area (Å²) >= 11 is 0. The van der Waals surface area contributed by atoms with E-state index in [-0.39, 0.29) is 17.4 Å². The van der Waals surface area contributed by atoms with Gasteiger partial charge in [-0.2, -0.15) is 0 Å². The summed E-state index contributed by atoms with van der Waals surface area (Å²) in [6, 6.07) is 8.60. The van der Waals surface area contributed by atoms with E-state index >= 15 is 0 Å². The van der Waals surface area contributed by atoms with Gasteiger partial charge in [0, 0.05) is 31.0 Å². The number of carbonyl (C=O) groups is 2.